The number of nitrogens with one attached hydrogen (secondary N) is 1. The van der Waals surface area contributed by atoms with Crippen molar-refractivity contribution in [2.24, 2.45) is 0 Å². The summed E-state index contributed by atoms with van der Waals surface area (Å²) in [6.07, 6.45) is 0. The first-order valence-electron chi connectivity index (χ1n) is 5.92. The maximum Gasteiger partial charge on any atom is 0.123 e. The van der Waals surface area contributed by atoms with E-state index in [9.17, 15) is 4.39 Å². The zero-order valence-electron chi connectivity index (χ0n) is 10.8. The number of ether oxygens (including phenoxy) is 1. The predicted molar refractivity (Wildman–Crippen MR) is 79.2 cm³/mol. The average Bonchev–Trinajstić information content (AvgIpc) is 2.39. The maximum atomic E-state index is 13.0. The van der Waals surface area contributed by atoms with Gasteiger partial charge in [0, 0.05) is 17.1 Å². The highest BCUT2D eigenvalue weighted by Gasteiger charge is 2.04. The number of methoxy groups -OCH3 is 1. The first-order chi connectivity index (χ1) is 9.10. The van der Waals surface area contributed by atoms with Crippen molar-refractivity contribution < 1.29 is 9.13 Å². The van der Waals surface area contributed by atoms with Gasteiger partial charge in [-0.25, -0.2) is 4.39 Å². The second-order valence-corrected chi connectivity index (χ2v) is 5.12. The fraction of sp³-hybridized carbons (Fsp3) is 0.200. The molecule has 0 amide bonds. The SMILES string of the molecule is COc1ccc(Br)c(NCc2ccc(F)cc2C)c1. The van der Waals surface area contributed by atoms with Gasteiger partial charge in [0.2, 0.25) is 0 Å². The van der Waals surface area contributed by atoms with Gasteiger partial charge >= 0.3 is 0 Å². The van der Waals surface area contributed by atoms with Crippen LogP contribution in [0.2, 0.25) is 0 Å². The molecule has 2 rings (SSSR count). The summed E-state index contributed by atoms with van der Waals surface area (Å²) in [5.41, 5.74) is 2.95. The Bertz CT molecular complexity index is 586. The Kier molecular flexibility index (Phi) is 4.43. The lowest BCUT2D eigenvalue weighted by molar-refractivity contribution is 0.415. The van der Waals surface area contributed by atoms with Crippen molar-refractivity contribution in [3.8, 4) is 5.75 Å². The predicted octanol–water partition coefficient (Wildman–Crippen LogP) is 4.52. The van der Waals surface area contributed by atoms with Gasteiger partial charge in [-0.3, -0.25) is 0 Å². The average molecular weight is 324 g/mol. The molecule has 2 nitrogen and oxygen atoms in total. The molecule has 1 N–H and O–H groups in total. The monoisotopic (exact) mass is 323 g/mol. The molecule has 0 saturated carbocycles. The fourth-order valence-electron chi connectivity index (χ4n) is 1.81. The highest BCUT2D eigenvalue weighted by molar-refractivity contribution is 9.10. The van der Waals surface area contributed by atoms with Crippen molar-refractivity contribution in [1.29, 1.82) is 0 Å². The van der Waals surface area contributed by atoms with E-state index in [0.29, 0.717) is 6.54 Å². The lowest BCUT2D eigenvalue weighted by Crippen LogP contribution is -2.02. The van der Waals surface area contributed by atoms with Gasteiger partial charge in [-0.2, -0.15) is 0 Å². The lowest BCUT2D eigenvalue weighted by atomic mass is 10.1. The fourth-order valence-corrected chi connectivity index (χ4v) is 2.20. The molecule has 0 atom stereocenters. The zero-order valence-corrected chi connectivity index (χ0v) is 12.4. The number of aryl methyl sites for hydroxylation is 1. The van der Waals surface area contributed by atoms with E-state index >= 15 is 0 Å². The summed E-state index contributed by atoms with van der Waals surface area (Å²) in [5.74, 6) is 0.588. The Morgan fingerprint density at radius 3 is 2.68 bits per heavy atom. The van der Waals surface area contributed by atoms with E-state index in [-0.39, 0.29) is 5.82 Å². The van der Waals surface area contributed by atoms with Gasteiger partial charge in [-0.1, -0.05) is 6.07 Å². The molecule has 0 unspecified atom stereocenters. The first-order valence-corrected chi connectivity index (χ1v) is 6.72. The van der Waals surface area contributed by atoms with Crippen LogP contribution in [0, 0.1) is 12.7 Å². The van der Waals surface area contributed by atoms with Crippen LogP contribution in [0.5, 0.6) is 5.75 Å². The molecule has 0 aliphatic rings. The molecule has 0 spiro atoms. The van der Waals surface area contributed by atoms with Crippen LogP contribution in [-0.4, -0.2) is 7.11 Å². The van der Waals surface area contributed by atoms with Gasteiger partial charge in [0.1, 0.15) is 11.6 Å². The third-order valence-corrected chi connectivity index (χ3v) is 3.64. The minimum absolute atomic E-state index is 0.205. The maximum absolute atomic E-state index is 13.0. The van der Waals surface area contributed by atoms with Crippen molar-refractivity contribution in [1.82, 2.24) is 0 Å². The zero-order chi connectivity index (χ0) is 13.8. The Hall–Kier alpha value is -1.55. The van der Waals surface area contributed by atoms with Crippen molar-refractivity contribution in [3.05, 3.63) is 57.8 Å². The second kappa shape index (κ2) is 6.06. The van der Waals surface area contributed by atoms with Crippen LogP contribution < -0.4 is 10.1 Å². The van der Waals surface area contributed by atoms with Crippen LogP contribution in [0.3, 0.4) is 0 Å². The largest absolute Gasteiger partial charge is 0.497 e. The molecule has 100 valence electrons. The Labute approximate surface area is 120 Å². The molecule has 0 heterocycles. The minimum Gasteiger partial charge on any atom is -0.497 e. The summed E-state index contributed by atoms with van der Waals surface area (Å²) < 4.78 is 19.2. The van der Waals surface area contributed by atoms with E-state index in [4.69, 9.17) is 4.74 Å². The topological polar surface area (TPSA) is 21.3 Å². The van der Waals surface area contributed by atoms with Crippen LogP contribution in [0.4, 0.5) is 10.1 Å². The molecular formula is C15H15BrFNO. The number of halogens is 2. The molecule has 0 fully saturated rings. The van der Waals surface area contributed by atoms with Crippen molar-refractivity contribution in [3.63, 3.8) is 0 Å². The van der Waals surface area contributed by atoms with E-state index in [1.54, 1.807) is 13.2 Å². The molecule has 0 aromatic heterocycles. The van der Waals surface area contributed by atoms with Crippen LogP contribution >= 0.6 is 15.9 Å². The Morgan fingerprint density at radius 2 is 2.00 bits per heavy atom. The summed E-state index contributed by atoms with van der Waals surface area (Å²) in [4.78, 5) is 0. The van der Waals surface area contributed by atoms with Crippen molar-refractivity contribution in [2.75, 3.05) is 12.4 Å². The van der Waals surface area contributed by atoms with Crippen LogP contribution in [0.15, 0.2) is 40.9 Å². The van der Waals surface area contributed by atoms with Crippen LogP contribution in [0.1, 0.15) is 11.1 Å². The van der Waals surface area contributed by atoms with Gasteiger partial charge in [-0.15, -0.1) is 0 Å². The summed E-state index contributed by atoms with van der Waals surface area (Å²) in [6.45, 7) is 2.54. The van der Waals surface area contributed by atoms with E-state index in [1.807, 2.05) is 25.1 Å². The standard InChI is InChI=1S/C15H15BrFNO/c1-10-7-12(17)4-3-11(10)9-18-15-8-13(19-2)5-6-14(15)16/h3-8,18H,9H2,1-2H3. The number of hydrogen-bond acceptors (Lipinski definition) is 2. The highest BCUT2D eigenvalue weighted by atomic mass is 79.9. The minimum atomic E-state index is -0.205. The number of benzene rings is 2. The second-order valence-electron chi connectivity index (χ2n) is 4.27. The summed E-state index contributed by atoms with van der Waals surface area (Å²) >= 11 is 3.49. The quantitative estimate of drug-likeness (QED) is 0.893. The molecule has 19 heavy (non-hydrogen) atoms. The molecule has 0 bridgehead atoms. The third kappa shape index (κ3) is 3.47. The molecule has 2 aromatic carbocycles. The van der Waals surface area contributed by atoms with Crippen LogP contribution in [-0.2, 0) is 6.54 Å². The number of rotatable bonds is 4. The normalized spacial score (nSPS) is 10.3. The van der Waals surface area contributed by atoms with Gasteiger partial charge in [0.15, 0.2) is 0 Å². The molecule has 2 aromatic rings. The molecule has 0 radical (unpaired) electrons. The van der Waals surface area contributed by atoms with Crippen molar-refractivity contribution >= 4 is 21.6 Å². The smallest absolute Gasteiger partial charge is 0.123 e. The molecule has 0 aliphatic carbocycles. The number of anilines is 1. The van der Waals surface area contributed by atoms with E-state index in [1.165, 1.54) is 12.1 Å². The van der Waals surface area contributed by atoms with Gasteiger partial charge in [-0.05, 0) is 58.2 Å². The summed E-state index contributed by atoms with van der Waals surface area (Å²) in [5, 5.41) is 3.31. The van der Waals surface area contributed by atoms with E-state index in [0.717, 1.165) is 27.0 Å². The van der Waals surface area contributed by atoms with Crippen LogP contribution in [0.25, 0.3) is 0 Å². The van der Waals surface area contributed by atoms with Crippen molar-refractivity contribution in [2.45, 2.75) is 13.5 Å². The Morgan fingerprint density at radius 1 is 1.21 bits per heavy atom. The first kappa shape index (κ1) is 13.9. The molecule has 4 heteroatoms. The van der Waals surface area contributed by atoms with Gasteiger partial charge in [0.05, 0.1) is 12.8 Å². The molecule has 0 saturated heterocycles. The number of hydrogen-bond donors (Lipinski definition) is 1. The van der Waals surface area contributed by atoms with E-state index < -0.39 is 0 Å². The molecular weight excluding hydrogens is 309 g/mol. The molecule has 0 aliphatic heterocycles. The summed E-state index contributed by atoms with van der Waals surface area (Å²) in [7, 11) is 1.64. The highest BCUT2D eigenvalue weighted by Crippen LogP contribution is 2.27. The Balaban J connectivity index is 2.14. The van der Waals surface area contributed by atoms with Gasteiger partial charge < -0.3 is 10.1 Å². The summed E-state index contributed by atoms with van der Waals surface area (Å²) in [6, 6.07) is 10.5. The third-order valence-electron chi connectivity index (χ3n) is 2.95. The van der Waals surface area contributed by atoms with Gasteiger partial charge in [0.25, 0.3) is 0 Å². The van der Waals surface area contributed by atoms with E-state index in [2.05, 4.69) is 21.2 Å². The lowest BCUT2D eigenvalue weighted by Gasteiger charge is -2.12.